The fourth-order valence-corrected chi connectivity index (χ4v) is 2.05. The Morgan fingerprint density at radius 2 is 1.77 bits per heavy atom. The van der Waals surface area contributed by atoms with Crippen LogP contribution in [0.2, 0.25) is 10.0 Å². The van der Waals surface area contributed by atoms with Gasteiger partial charge >= 0.3 is 0 Å². The molecule has 1 amide bonds. The van der Waals surface area contributed by atoms with Crippen molar-refractivity contribution in [1.82, 2.24) is 0 Å². The molecule has 0 aliphatic rings. The van der Waals surface area contributed by atoms with Gasteiger partial charge in [-0.15, -0.1) is 0 Å². The molecule has 0 saturated carbocycles. The maximum Gasteiger partial charge on any atom is 0.268 e. The second-order valence-electron chi connectivity index (χ2n) is 5.14. The fraction of sp³-hybridized carbons (Fsp3) is 0.188. The molecule has 0 atom stereocenters. The molecule has 0 radical (unpaired) electrons. The minimum Gasteiger partial charge on any atom is -0.478 e. The van der Waals surface area contributed by atoms with Gasteiger partial charge in [0, 0.05) is 5.02 Å². The highest BCUT2D eigenvalue weighted by atomic mass is 35.5. The second kappa shape index (κ2) is 6.55. The Bertz CT molecular complexity index is 687. The van der Waals surface area contributed by atoms with Crippen LogP contribution in [-0.2, 0) is 4.79 Å². The summed E-state index contributed by atoms with van der Waals surface area (Å²) in [6.07, 6.45) is 0. The third kappa shape index (κ3) is 4.12. The number of carbonyl (C=O) groups is 1. The van der Waals surface area contributed by atoms with E-state index in [1.165, 1.54) is 12.1 Å². The van der Waals surface area contributed by atoms with Crippen molar-refractivity contribution in [2.45, 2.75) is 19.4 Å². The Kier molecular flexibility index (Phi) is 4.94. The standard InChI is InChI=1S/C16H14Cl2FNO2/c1-16(2,22-12-6-3-10(17)4-7-12)15(21)20-14-8-5-11(19)9-13(14)18/h3-9H,1-2H3,(H,20,21). The lowest BCUT2D eigenvalue weighted by molar-refractivity contribution is -0.128. The SMILES string of the molecule is CC(C)(Oc1ccc(Cl)cc1)C(=O)Nc1ccc(F)cc1Cl. The number of anilines is 1. The summed E-state index contributed by atoms with van der Waals surface area (Å²) in [6.45, 7) is 3.24. The van der Waals surface area contributed by atoms with Crippen molar-refractivity contribution in [1.29, 1.82) is 0 Å². The smallest absolute Gasteiger partial charge is 0.268 e. The van der Waals surface area contributed by atoms with Crippen LogP contribution in [0.3, 0.4) is 0 Å². The quantitative estimate of drug-likeness (QED) is 0.856. The van der Waals surface area contributed by atoms with Gasteiger partial charge in [0.15, 0.2) is 5.60 Å². The van der Waals surface area contributed by atoms with Gasteiger partial charge in [-0.2, -0.15) is 0 Å². The summed E-state index contributed by atoms with van der Waals surface area (Å²) in [4.78, 5) is 12.3. The summed E-state index contributed by atoms with van der Waals surface area (Å²) in [5.74, 6) is -0.370. The van der Waals surface area contributed by atoms with E-state index >= 15 is 0 Å². The maximum absolute atomic E-state index is 13.0. The highest BCUT2D eigenvalue weighted by molar-refractivity contribution is 6.33. The molecule has 0 heterocycles. The Labute approximate surface area is 138 Å². The fourth-order valence-electron chi connectivity index (χ4n) is 1.71. The Morgan fingerprint density at radius 1 is 1.14 bits per heavy atom. The van der Waals surface area contributed by atoms with Crippen LogP contribution < -0.4 is 10.1 Å². The van der Waals surface area contributed by atoms with E-state index in [4.69, 9.17) is 27.9 Å². The minimum atomic E-state index is -1.15. The first-order chi connectivity index (χ1) is 10.3. The zero-order valence-electron chi connectivity index (χ0n) is 12.0. The van der Waals surface area contributed by atoms with E-state index in [2.05, 4.69) is 5.32 Å². The highest BCUT2D eigenvalue weighted by Crippen LogP contribution is 2.25. The molecule has 0 saturated heterocycles. The third-order valence-corrected chi connectivity index (χ3v) is 3.48. The van der Waals surface area contributed by atoms with Crippen molar-refractivity contribution < 1.29 is 13.9 Å². The molecule has 0 spiro atoms. The van der Waals surface area contributed by atoms with Crippen LogP contribution in [0.5, 0.6) is 5.75 Å². The van der Waals surface area contributed by atoms with Crippen molar-refractivity contribution in [3.05, 3.63) is 58.3 Å². The van der Waals surface area contributed by atoms with Crippen molar-refractivity contribution in [2.75, 3.05) is 5.32 Å². The number of ether oxygens (including phenoxy) is 1. The molecule has 1 N–H and O–H groups in total. The van der Waals surface area contributed by atoms with E-state index < -0.39 is 17.3 Å². The summed E-state index contributed by atoms with van der Waals surface area (Å²) in [5, 5.41) is 3.32. The van der Waals surface area contributed by atoms with Crippen LogP contribution in [0.1, 0.15) is 13.8 Å². The van der Waals surface area contributed by atoms with Crippen LogP contribution >= 0.6 is 23.2 Å². The molecule has 22 heavy (non-hydrogen) atoms. The third-order valence-electron chi connectivity index (χ3n) is 2.91. The predicted octanol–water partition coefficient (Wildman–Crippen LogP) is 4.93. The number of carbonyl (C=O) groups excluding carboxylic acids is 1. The zero-order chi connectivity index (χ0) is 16.3. The zero-order valence-corrected chi connectivity index (χ0v) is 13.5. The van der Waals surface area contributed by atoms with E-state index in [-0.39, 0.29) is 5.02 Å². The van der Waals surface area contributed by atoms with Crippen LogP contribution in [0.25, 0.3) is 0 Å². The van der Waals surface area contributed by atoms with Crippen LogP contribution in [0, 0.1) is 5.82 Å². The molecule has 2 rings (SSSR count). The minimum absolute atomic E-state index is 0.121. The van der Waals surface area contributed by atoms with Gasteiger partial charge in [0.25, 0.3) is 5.91 Å². The molecule has 0 fully saturated rings. The average Bonchev–Trinajstić information content (AvgIpc) is 2.44. The van der Waals surface area contributed by atoms with E-state index in [0.717, 1.165) is 6.07 Å². The van der Waals surface area contributed by atoms with Gasteiger partial charge in [-0.05, 0) is 56.3 Å². The van der Waals surface area contributed by atoms with E-state index in [1.54, 1.807) is 38.1 Å². The molecule has 3 nitrogen and oxygen atoms in total. The van der Waals surface area contributed by atoms with Gasteiger partial charge in [0.1, 0.15) is 11.6 Å². The van der Waals surface area contributed by atoms with Gasteiger partial charge < -0.3 is 10.1 Å². The molecular weight excluding hydrogens is 328 g/mol. The topological polar surface area (TPSA) is 38.3 Å². The predicted molar refractivity (Wildman–Crippen MR) is 86.2 cm³/mol. The Balaban J connectivity index is 2.11. The number of rotatable bonds is 4. The summed E-state index contributed by atoms with van der Waals surface area (Å²) in [5.41, 5.74) is -0.827. The van der Waals surface area contributed by atoms with Gasteiger partial charge in [0.05, 0.1) is 10.7 Å². The first-order valence-corrected chi connectivity index (χ1v) is 7.24. The Morgan fingerprint density at radius 3 is 2.36 bits per heavy atom. The van der Waals surface area contributed by atoms with Crippen molar-refractivity contribution >= 4 is 34.8 Å². The lowest BCUT2D eigenvalue weighted by Crippen LogP contribution is -2.42. The second-order valence-corrected chi connectivity index (χ2v) is 5.99. The number of nitrogens with one attached hydrogen (secondary N) is 1. The molecule has 2 aromatic rings. The molecule has 0 aliphatic heterocycles. The molecule has 0 aromatic heterocycles. The van der Waals surface area contributed by atoms with Crippen molar-refractivity contribution in [3.8, 4) is 5.75 Å². The number of hydrogen-bond acceptors (Lipinski definition) is 2. The molecule has 0 aliphatic carbocycles. The molecule has 116 valence electrons. The summed E-state index contributed by atoms with van der Waals surface area (Å²) < 4.78 is 18.7. The van der Waals surface area contributed by atoms with Gasteiger partial charge in [-0.1, -0.05) is 23.2 Å². The number of halogens is 3. The number of amides is 1. The van der Waals surface area contributed by atoms with E-state index in [0.29, 0.717) is 16.5 Å². The molecule has 0 unspecified atom stereocenters. The van der Waals surface area contributed by atoms with E-state index in [9.17, 15) is 9.18 Å². The number of benzene rings is 2. The highest BCUT2D eigenvalue weighted by Gasteiger charge is 2.30. The van der Waals surface area contributed by atoms with Crippen LogP contribution in [0.15, 0.2) is 42.5 Å². The lowest BCUT2D eigenvalue weighted by atomic mass is 10.1. The van der Waals surface area contributed by atoms with Gasteiger partial charge in [0.2, 0.25) is 0 Å². The van der Waals surface area contributed by atoms with Crippen molar-refractivity contribution in [2.24, 2.45) is 0 Å². The maximum atomic E-state index is 13.0. The average molecular weight is 342 g/mol. The molecule has 0 bridgehead atoms. The van der Waals surface area contributed by atoms with Gasteiger partial charge in [-0.3, -0.25) is 4.79 Å². The van der Waals surface area contributed by atoms with Crippen molar-refractivity contribution in [3.63, 3.8) is 0 Å². The normalized spacial score (nSPS) is 11.1. The first kappa shape index (κ1) is 16.6. The van der Waals surface area contributed by atoms with Crippen LogP contribution in [-0.4, -0.2) is 11.5 Å². The van der Waals surface area contributed by atoms with Crippen LogP contribution in [0.4, 0.5) is 10.1 Å². The summed E-state index contributed by atoms with van der Waals surface area (Å²) in [7, 11) is 0. The monoisotopic (exact) mass is 341 g/mol. The largest absolute Gasteiger partial charge is 0.478 e. The van der Waals surface area contributed by atoms with E-state index in [1.807, 2.05) is 0 Å². The summed E-state index contributed by atoms with van der Waals surface area (Å²) >= 11 is 11.7. The molecular formula is C16H14Cl2FNO2. The molecule has 2 aromatic carbocycles. The first-order valence-electron chi connectivity index (χ1n) is 6.49. The summed E-state index contributed by atoms with van der Waals surface area (Å²) in [6, 6.07) is 10.4. The molecule has 6 heteroatoms. The number of hydrogen-bond donors (Lipinski definition) is 1. The van der Waals surface area contributed by atoms with Gasteiger partial charge in [-0.25, -0.2) is 4.39 Å². The lowest BCUT2D eigenvalue weighted by Gasteiger charge is -2.25. The Hall–Kier alpha value is -1.78.